The lowest BCUT2D eigenvalue weighted by atomic mass is 9.91. The van der Waals surface area contributed by atoms with Gasteiger partial charge in [-0.05, 0) is 31.7 Å². The van der Waals surface area contributed by atoms with E-state index in [1.54, 1.807) is 25.1 Å². The summed E-state index contributed by atoms with van der Waals surface area (Å²) in [5.74, 6) is 0.951. The Morgan fingerprint density at radius 1 is 1.28 bits per heavy atom. The molecule has 1 aromatic carbocycles. The highest BCUT2D eigenvalue weighted by atomic mass is 16.6. The molecule has 9 heteroatoms. The SMILES string of the molecule is Cc1nc(C2(NC(=O)C3CCN(c4ccccc4[N+](=O)[O-])CC3)CCCC2)no1. The summed E-state index contributed by atoms with van der Waals surface area (Å²) in [4.78, 5) is 30.3. The van der Waals surface area contributed by atoms with Gasteiger partial charge in [0, 0.05) is 32.0 Å². The van der Waals surface area contributed by atoms with Gasteiger partial charge in [-0.3, -0.25) is 14.9 Å². The third-order valence-corrected chi connectivity index (χ3v) is 6.06. The van der Waals surface area contributed by atoms with E-state index in [2.05, 4.69) is 15.5 Å². The summed E-state index contributed by atoms with van der Waals surface area (Å²) < 4.78 is 5.15. The molecule has 4 rings (SSSR count). The quantitative estimate of drug-likeness (QED) is 0.607. The Morgan fingerprint density at radius 2 is 1.97 bits per heavy atom. The average molecular weight is 399 g/mol. The molecule has 1 aliphatic heterocycles. The third kappa shape index (κ3) is 3.81. The fourth-order valence-corrected chi connectivity index (χ4v) is 4.48. The summed E-state index contributed by atoms with van der Waals surface area (Å²) in [5.41, 5.74) is 0.183. The Balaban J connectivity index is 1.42. The minimum atomic E-state index is -0.538. The lowest BCUT2D eigenvalue weighted by Crippen LogP contribution is -2.49. The van der Waals surface area contributed by atoms with Crippen LogP contribution in [0.25, 0.3) is 0 Å². The fraction of sp³-hybridized carbons (Fsp3) is 0.550. The van der Waals surface area contributed by atoms with Crippen LogP contribution >= 0.6 is 0 Å². The second-order valence-electron chi connectivity index (χ2n) is 7.92. The van der Waals surface area contributed by atoms with E-state index in [0.29, 0.717) is 43.3 Å². The van der Waals surface area contributed by atoms with Crippen molar-refractivity contribution in [1.29, 1.82) is 0 Å². The number of hydrogen-bond donors (Lipinski definition) is 1. The third-order valence-electron chi connectivity index (χ3n) is 6.06. The molecule has 0 atom stereocenters. The highest BCUT2D eigenvalue weighted by Gasteiger charge is 2.42. The number of nitrogens with one attached hydrogen (secondary N) is 1. The van der Waals surface area contributed by atoms with E-state index >= 15 is 0 Å². The van der Waals surface area contributed by atoms with Crippen LogP contribution in [0.2, 0.25) is 0 Å². The molecule has 1 N–H and O–H groups in total. The first-order valence-electron chi connectivity index (χ1n) is 10.1. The van der Waals surface area contributed by atoms with E-state index in [9.17, 15) is 14.9 Å². The summed E-state index contributed by atoms with van der Waals surface area (Å²) >= 11 is 0. The second kappa shape index (κ2) is 7.81. The van der Waals surface area contributed by atoms with E-state index in [1.165, 1.54) is 6.07 Å². The van der Waals surface area contributed by atoms with Crippen LogP contribution in [0.1, 0.15) is 50.2 Å². The maximum absolute atomic E-state index is 13.0. The molecular formula is C20H25N5O4. The zero-order chi connectivity index (χ0) is 20.4. The van der Waals surface area contributed by atoms with Gasteiger partial charge in [0.05, 0.1) is 4.92 Å². The largest absolute Gasteiger partial charge is 0.366 e. The number of carbonyl (C=O) groups excluding carboxylic acids is 1. The van der Waals surface area contributed by atoms with Gasteiger partial charge in [-0.25, -0.2) is 0 Å². The van der Waals surface area contributed by atoms with Gasteiger partial charge in [-0.15, -0.1) is 0 Å². The molecule has 2 fully saturated rings. The highest BCUT2D eigenvalue weighted by Crippen LogP contribution is 2.38. The maximum Gasteiger partial charge on any atom is 0.292 e. The number of anilines is 1. The van der Waals surface area contributed by atoms with Gasteiger partial charge in [0.15, 0.2) is 5.82 Å². The molecule has 0 spiro atoms. The Bertz CT molecular complexity index is 898. The van der Waals surface area contributed by atoms with Crippen molar-refractivity contribution >= 4 is 17.3 Å². The van der Waals surface area contributed by atoms with Gasteiger partial charge in [0.1, 0.15) is 11.2 Å². The number of para-hydroxylation sites is 2. The number of piperidine rings is 1. The van der Waals surface area contributed by atoms with E-state index in [0.717, 1.165) is 25.7 Å². The molecule has 0 radical (unpaired) electrons. The van der Waals surface area contributed by atoms with E-state index in [1.807, 2.05) is 4.90 Å². The number of aryl methyl sites for hydroxylation is 1. The first-order chi connectivity index (χ1) is 14.0. The monoisotopic (exact) mass is 399 g/mol. The Morgan fingerprint density at radius 3 is 2.59 bits per heavy atom. The van der Waals surface area contributed by atoms with Gasteiger partial charge in [0.25, 0.3) is 5.69 Å². The lowest BCUT2D eigenvalue weighted by molar-refractivity contribution is -0.384. The van der Waals surface area contributed by atoms with Crippen LogP contribution in [-0.2, 0) is 10.3 Å². The molecule has 0 bridgehead atoms. The number of rotatable bonds is 5. The standard InChI is InChI=1S/C20H25N5O4/c1-14-21-19(23-29-14)20(10-4-5-11-20)22-18(26)15-8-12-24(13-9-15)16-6-2-3-7-17(16)25(27)28/h2-3,6-7,15H,4-5,8-13H2,1H3,(H,22,26). The maximum atomic E-state index is 13.0. The number of nitro groups is 1. The minimum absolute atomic E-state index is 0.0107. The van der Waals surface area contributed by atoms with Crippen LogP contribution in [0.3, 0.4) is 0 Å². The molecule has 1 saturated heterocycles. The first kappa shape index (κ1) is 19.4. The van der Waals surface area contributed by atoms with E-state index in [-0.39, 0.29) is 22.4 Å². The van der Waals surface area contributed by atoms with Crippen LogP contribution in [0.5, 0.6) is 0 Å². The minimum Gasteiger partial charge on any atom is -0.366 e. The van der Waals surface area contributed by atoms with Gasteiger partial charge >= 0.3 is 0 Å². The van der Waals surface area contributed by atoms with Crippen molar-refractivity contribution < 1.29 is 14.2 Å². The summed E-state index contributed by atoms with van der Waals surface area (Å²) in [7, 11) is 0. The molecule has 154 valence electrons. The van der Waals surface area contributed by atoms with E-state index in [4.69, 9.17) is 4.52 Å². The number of amides is 1. The normalized spacial score (nSPS) is 19.3. The first-order valence-corrected chi connectivity index (χ1v) is 10.1. The van der Waals surface area contributed by atoms with Crippen molar-refractivity contribution in [3.05, 3.63) is 46.1 Å². The number of hydrogen-bond acceptors (Lipinski definition) is 7. The van der Waals surface area contributed by atoms with E-state index < -0.39 is 5.54 Å². The molecule has 2 aromatic rings. The Hall–Kier alpha value is -2.97. The summed E-state index contributed by atoms with van der Waals surface area (Å²) in [5, 5.41) is 18.6. The van der Waals surface area contributed by atoms with Crippen LogP contribution in [0.15, 0.2) is 28.8 Å². The molecule has 1 amide bonds. The van der Waals surface area contributed by atoms with Crippen LogP contribution in [-0.4, -0.2) is 34.1 Å². The van der Waals surface area contributed by atoms with Crippen LogP contribution < -0.4 is 10.2 Å². The molecular weight excluding hydrogens is 374 g/mol. The molecule has 29 heavy (non-hydrogen) atoms. The van der Waals surface area contributed by atoms with Crippen molar-refractivity contribution in [1.82, 2.24) is 15.5 Å². The highest BCUT2D eigenvalue weighted by molar-refractivity contribution is 5.80. The van der Waals surface area contributed by atoms with Gasteiger partial charge in [-0.1, -0.05) is 30.1 Å². The molecule has 1 saturated carbocycles. The number of benzene rings is 1. The molecule has 2 aliphatic rings. The molecule has 0 unspecified atom stereocenters. The smallest absolute Gasteiger partial charge is 0.292 e. The number of carbonyl (C=O) groups is 1. The average Bonchev–Trinajstić information content (AvgIpc) is 3.38. The van der Waals surface area contributed by atoms with Gasteiger partial charge in [0.2, 0.25) is 11.8 Å². The lowest BCUT2D eigenvalue weighted by Gasteiger charge is -2.35. The van der Waals surface area contributed by atoms with Crippen molar-refractivity contribution in [2.45, 2.75) is 51.0 Å². The number of aromatic nitrogens is 2. The number of nitrogens with zero attached hydrogens (tertiary/aromatic N) is 4. The second-order valence-corrected chi connectivity index (χ2v) is 7.92. The summed E-state index contributed by atoms with van der Waals surface area (Å²) in [6.07, 6.45) is 4.96. The molecule has 1 aromatic heterocycles. The van der Waals surface area contributed by atoms with Crippen molar-refractivity contribution in [3.63, 3.8) is 0 Å². The van der Waals surface area contributed by atoms with Crippen molar-refractivity contribution in [3.8, 4) is 0 Å². The zero-order valence-electron chi connectivity index (χ0n) is 16.5. The zero-order valence-corrected chi connectivity index (χ0v) is 16.5. The van der Waals surface area contributed by atoms with Crippen molar-refractivity contribution in [2.24, 2.45) is 5.92 Å². The molecule has 9 nitrogen and oxygen atoms in total. The Kier molecular flexibility index (Phi) is 5.21. The Labute approximate surface area is 168 Å². The van der Waals surface area contributed by atoms with Crippen LogP contribution in [0, 0.1) is 23.0 Å². The van der Waals surface area contributed by atoms with Gasteiger partial charge < -0.3 is 14.7 Å². The summed E-state index contributed by atoms with van der Waals surface area (Å²) in [6, 6.07) is 6.76. The van der Waals surface area contributed by atoms with Crippen LogP contribution in [0.4, 0.5) is 11.4 Å². The molecule has 2 heterocycles. The predicted molar refractivity (Wildman–Crippen MR) is 105 cm³/mol. The predicted octanol–water partition coefficient (Wildman–Crippen LogP) is 3.09. The summed E-state index contributed by atoms with van der Waals surface area (Å²) in [6.45, 7) is 2.97. The number of nitro benzene ring substituents is 1. The fourth-order valence-electron chi connectivity index (χ4n) is 4.48. The molecule has 1 aliphatic carbocycles. The topological polar surface area (TPSA) is 114 Å². The van der Waals surface area contributed by atoms with Gasteiger partial charge in [-0.2, -0.15) is 4.98 Å². The van der Waals surface area contributed by atoms with Crippen molar-refractivity contribution in [2.75, 3.05) is 18.0 Å².